The Kier molecular flexibility index (Phi) is 4.45. The van der Waals surface area contributed by atoms with Gasteiger partial charge in [-0.3, -0.25) is 0 Å². The average molecular weight is 245 g/mol. The third-order valence-corrected chi connectivity index (χ3v) is 2.76. The number of aliphatic hydroxyl groups excluding tert-OH is 1. The summed E-state index contributed by atoms with van der Waals surface area (Å²) in [6.07, 6.45) is -0.522. The van der Waals surface area contributed by atoms with E-state index in [4.69, 9.17) is 0 Å². The lowest BCUT2D eigenvalue weighted by Crippen LogP contribution is -2.21. The zero-order valence-corrected chi connectivity index (χ0v) is 10.0. The van der Waals surface area contributed by atoms with Gasteiger partial charge < -0.3 is 10.4 Å². The Hall–Kier alpha value is -1.71. The average Bonchev–Trinajstić information content (AvgIpc) is 2.42. The maximum absolute atomic E-state index is 12.7. The van der Waals surface area contributed by atoms with Crippen LogP contribution in [-0.2, 0) is 6.54 Å². The van der Waals surface area contributed by atoms with Crippen LogP contribution in [-0.4, -0.2) is 11.7 Å². The lowest BCUT2D eigenvalue weighted by molar-refractivity contribution is 0.174. The fraction of sp³-hybridized carbons (Fsp3) is 0.200. The maximum Gasteiger partial charge on any atom is 0.123 e. The van der Waals surface area contributed by atoms with Crippen LogP contribution in [0.1, 0.15) is 17.2 Å². The summed E-state index contributed by atoms with van der Waals surface area (Å²) in [5.74, 6) is -0.233. The molecule has 2 rings (SSSR count). The third-order valence-electron chi connectivity index (χ3n) is 2.76. The van der Waals surface area contributed by atoms with E-state index in [9.17, 15) is 9.50 Å². The summed E-state index contributed by atoms with van der Waals surface area (Å²) in [6.45, 7) is 1.09. The van der Waals surface area contributed by atoms with E-state index in [1.165, 1.54) is 12.1 Å². The van der Waals surface area contributed by atoms with Gasteiger partial charge in [-0.05, 0) is 23.3 Å². The van der Waals surface area contributed by atoms with Crippen LogP contribution in [0.5, 0.6) is 0 Å². The predicted octanol–water partition coefficient (Wildman–Crippen LogP) is 2.65. The minimum Gasteiger partial charge on any atom is -0.387 e. The number of hydrogen-bond acceptors (Lipinski definition) is 2. The molecule has 0 aliphatic heterocycles. The molecular weight excluding hydrogens is 229 g/mol. The van der Waals surface area contributed by atoms with Crippen LogP contribution in [0.4, 0.5) is 4.39 Å². The van der Waals surface area contributed by atoms with Crippen molar-refractivity contribution >= 4 is 0 Å². The van der Waals surface area contributed by atoms with E-state index in [-0.39, 0.29) is 5.82 Å². The van der Waals surface area contributed by atoms with Crippen LogP contribution in [0.15, 0.2) is 54.6 Å². The molecule has 0 fully saturated rings. The second-order valence-electron chi connectivity index (χ2n) is 4.18. The Bertz CT molecular complexity index is 470. The van der Waals surface area contributed by atoms with Crippen LogP contribution < -0.4 is 5.32 Å². The van der Waals surface area contributed by atoms with Crippen molar-refractivity contribution in [3.8, 4) is 0 Å². The Morgan fingerprint density at radius 3 is 2.33 bits per heavy atom. The molecule has 0 amide bonds. The number of hydrogen-bond donors (Lipinski definition) is 2. The highest BCUT2D eigenvalue weighted by Crippen LogP contribution is 2.11. The quantitative estimate of drug-likeness (QED) is 0.848. The van der Waals surface area contributed by atoms with Gasteiger partial charge in [0, 0.05) is 13.1 Å². The van der Waals surface area contributed by atoms with E-state index in [0.717, 1.165) is 11.1 Å². The van der Waals surface area contributed by atoms with E-state index in [0.29, 0.717) is 13.1 Å². The van der Waals surface area contributed by atoms with Gasteiger partial charge in [0.2, 0.25) is 0 Å². The van der Waals surface area contributed by atoms with Gasteiger partial charge in [-0.25, -0.2) is 4.39 Å². The second-order valence-corrected chi connectivity index (χ2v) is 4.18. The van der Waals surface area contributed by atoms with Crippen molar-refractivity contribution in [3.05, 3.63) is 71.5 Å². The van der Waals surface area contributed by atoms with Crippen molar-refractivity contribution in [1.82, 2.24) is 5.32 Å². The van der Waals surface area contributed by atoms with Crippen LogP contribution >= 0.6 is 0 Å². The smallest absolute Gasteiger partial charge is 0.123 e. The van der Waals surface area contributed by atoms with E-state index < -0.39 is 6.10 Å². The summed E-state index contributed by atoms with van der Waals surface area (Å²) in [7, 11) is 0. The highest BCUT2D eigenvalue weighted by molar-refractivity contribution is 5.18. The fourth-order valence-corrected chi connectivity index (χ4v) is 1.75. The topological polar surface area (TPSA) is 32.3 Å². The van der Waals surface area contributed by atoms with Crippen molar-refractivity contribution in [3.63, 3.8) is 0 Å². The van der Waals surface area contributed by atoms with Crippen LogP contribution in [0.3, 0.4) is 0 Å². The first kappa shape index (κ1) is 12.7. The predicted molar refractivity (Wildman–Crippen MR) is 69.5 cm³/mol. The molecule has 0 heterocycles. The first-order chi connectivity index (χ1) is 8.75. The standard InChI is InChI=1S/C15H16FNO/c16-14-8-6-12(7-9-14)10-17-11-15(18)13-4-2-1-3-5-13/h1-9,15,17-18H,10-11H2/t15-/m0/s1. The van der Waals surface area contributed by atoms with Gasteiger partial charge in [-0.15, -0.1) is 0 Å². The monoisotopic (exact) mass is 245 g/mol. The Labute approximate surface area is 106 Å². The number of aliphatic hydroxyl groups is 1. The van der Waals surface area contributed by atoms with Crippen LogP contribution in [0.25, 0.3) is 0 Å². The molecule has 0 unspecified atom stereocenters. The summed E-state index contributed by atoms with van der Waals surface area (Å²) in [5.41, 5.74) is 1.89. The molecule has 0 saturated heterocycles. The molecule has 0 aromatic heterocycles. The number of benzene rings is 2. The minimum atomic E-state index is -0.522. The molecule has 0 radical (unpaired) electrons. The van der Waals surface area contributed by atoms with E-state index in [1.54, 1.807) is 12.1 Å². The van der Waals surface area contributed by atoms with Gasteiger partial charge in [-0.2, -0.15) is 0 Å². The Balaban J connectivity index is 1.80. The van der Waals surface area contributed by atoms with Gasteiger partial charge in [0.05, 0.1) is 6.10 Å². The maximum atomic E-state index is 12.7. The fourth-order valence-electron chi connectivity index (χ4n) is 1.75. The van der Waals surface area contributed by atoms with Gasteiger partial charge in [0.1, 0.15) is 5.82 Å². The SMILES string of the molecule is O[C@@H](CNCc1ccc(F)cc1)c1ccccc1. The van der Waals surface area contributed by atoms with Gasteiger partial charge in [0.15, 0.2) is 0 Å². The molecule has 94 valence electrons. The minimum absolute atomic E-state index is 0.233. The normalized spacial score (nSPS) is 12.3. The largest absolute Gasteiger partial charge is 0.387 e. The molecule has 2 aromatic rings. The molecule has 0 aliphatic carbocycles. The lowest BCUT2D eigenvalue weighted by atomic mass is 10.1. The summed E-state index contributed by atoms with van der Waals surface area (Å²) < 4.78 is 12.7. The highest BCUT2D eigenvalue weighted by Gasteiger charge is 2.05. The van der Waals surface area contributed by atoms with Crippen molar-refractivity contribution in [2.24, 2.45) is 0 Å². The molecule has 1 atom stereocenters. The van der Waals surface area contributed by atoms with Crippen LogP contribution in [0, 0.1) is 5.82 Å². The summed E-state index contributed by atoms with van der Waals surface area (Å²) in [4.78, 5) is 0. The molecule has 0 aliphatic rings. The first-order valence-corrected chi connectivity index (χ1v) is 5.94. The molecule has 0 saturated carbocycles. The molecule has 2 aromatic carbocycles. The van der Waals surface area contributed by atoms with E-state index >= 15 is 0 Å². The highest BCUT2D eigenvalue weighted by atomic mass is 19.1. The molecule has 3 heteroatoms. The first-order valence-electron chi connectivity index (χ1n) is 5.94. The Morgan fingerprint density at radius 2 is 1.67 bits per heavy atom. The van der Waals surface area contributed by atoms with Crippen molar-refractivity contribution in [2.45, 2.75) is 12.6 Å². The summed E-state index contributed by atoms with van der Waals surface area (Å²) >= 11 is 0. The zero-order valence-electron chi connectivity index (χ0n) is 10.0. The van der Waals surface area contributed by atoms with E-state index in [2.05, 4.69) is 5.32 Å². The van der Waals surface area contributed by atoms with Gasteiger partial charge >= 0.3 is 0 Å². The van der Waals surface area contributed by atoms with Crippen LogP contribution in [0.2, 0.25) is 0 Å². The molecule has 18 heavy (non-hydrogen) atoms. The number of rotatable bonds is 5. The number of halogens is 1. The molecule has 0 bridgehead atoms. The van der Waals surface area contributed by atoms with Crippen molar-refractivity contribution in [2.75, 3.05) is 6.54 Å². The lowest BCUT2D eigenvalue weighted by Gasteiger charge is -2.12. The van der Waals surface area contributed by atoms with Crippen molar-refractivity contribution in [1.29, 1.82) is 0 Å². The summed E-state index contributed by atoms with van der Waals surface area (Å²) in [6, 6.07) is 15.8. The third kappa shape index (κ3) is 3.65. The van der Waals surface area contributed by atoms with Gasteiger partial charge in [-0.1, -0.05) is 42.5 Å². The van der Waals surface area contributed by atoms with Gasteiger partial charge in [0.25, 0.3) is 0 Å². The Morgan fingerprint density at radius 1 is 1.00 bits per heavy atom. The molecular formula is C15H16FNO. The molecule has 2 nitrogen and oxygen atoms in total. The van der Waals surface area contributed by atoms with Crippen molar-refractivity contribution < 1.29 is 9.50 Å². The second kappa shape index (κ2) is 6.28. The van der Waals surface area contributed by atoms with E-state index in [1.807, 2.05) is 30.3 Å². The molecule has 0 spiro atoms. The number of nitrogens with one attached hydrogen (secondary N) is 1. The summed E-state index contributed by atoms with van der Waals surface area (Å²) in [5, 5.41) is 13.1. The molecule has 2 N–H and O–H groups in total. The zero-order chi connectivity index (χ0) is 12.8.